The van der Waals surface area contributed by atoms with E-state index >= 15 is 0 Å². The SMILES string of the molecule is CCOc1ccc(NC(=O)Cn2cccc(-c3nc(-c4ccccc4)no3)c2=O)cc1. The summed E-state index contributed by atoms with van der Waals surface area (Å²) in [6.45, 7) is 2.32. The first-order valence-electron chi connectivity index (χ1n) is 9.75. The van der Waals surface area contributed by atoms with Gasteiger partial charge in [-0.05, 0) is 43.3 Å². The minimum Gasteiger partial charge on any atom is -0.494 e. The van der Waals surface area contributed by atoms with Gasteiger partial charge in [0.25, 0.3) is 11.4 Å². The van der Waals surface area contributed by atoms with Gasteiger partial charge in [-0.25, -0.2) is 0 Å². The van der Waals surface area contributed by atoms with Crippen LogP contribution in [-0.2, 0) is 11.3 Å². The molecule has 0 spiro atoms. The summed E-state index contributed by atoms with van der Waals surface area (Å²) >= 11 is 0. The lowest BCUT2D eigenvalue weighted by atomic mass is 10.2. The number of pyridine rings is 1. The molecule has 0 radical (unpaired) electrons. The molecule has 4 rings (SSSR count). The van der Waals surface area contributed by atoms with E-state index in [9.17, 15) is 9.59 Å². The molecule has 0 fully saturated rings. The zero-order chi connectivity index (χ0) is 21.6. The Morgan fingerprint density at radius 1 is 1.06 bits per heavy atom. The molecule has 4 aromatic rings. The molecule has 0 atom stereocenters. The second-order valence-electron chi connectivity index (χ2n) is 6.65. The van der Waals surface area contributed by atoms with Crippen LogP contribution in [0.2, 0.25) is 0 Å². The lowest BCUT2D eigenvalue weighted by Gasteiger charge is -2.09. The molecule has 2 aromatic heterocycles. The Morgan fingerprint density at radius 2 is 1.84 bits per heavy atom. The van der Waals surface area contributed by atoms with Crippen molar-refractivity contribution in [2.24, 2.45) is 0 Å². The largest absolute Gasteiger partial charge is 0.494 e. The lowest BCUT2D eigenvalue weighted by Crippen LogP contribution is -2.28. The number of carbonyl (C=O) groups excluding carboxylic acids is 1. The van der Waals surface area contributed by atoms with Gasteiger partial charge in [-0.1, -0.05) is 35.5 Å². The second kappa shape index (κ2) is 9.08. The molecule has 2 heterocycles. The van der Waals surface area contributed by atoms with E-state index in [-0.39, 0.29) is 23.9 Å². The molecule has 0 aliphatic heterocycles. The molecule has 8 heteroatoms. The number of nitrogens with one attached hydrogen (secondary N) is 1. The minimum atomic E-state index is -0.396. The third kappa shape index (κ3) is 4.69. The summed E-state index contributed by atoms with van der Waals surface area (Å²) in [5.41, 5.74) is 1.23. The predicted octanol–water partition coefficient (Wildman–Crippen LogP) is 3.60. The molecule has 8 nitrogen and oxygen atoms in total. The molecule has 31 heavy (non-hydrogen) atoms. The van der Waals surface area contributed by atoms with Gasteiger partial charge in [-0.15, -0.1) is 0 Å². The predicted molar refractivity (Wildman–Crippen MR) is 116 cm³/mol. The van der Waals surface area contributed by atoms with Crippen LogP contribution in [-0.4, -0.2) is 27.2 Å². The van der Waals surface area contributed by atoms with Gasteiger partial charge >= 0.3 is 0 Å². The highest BCUT2D eigenvalue weighted by Gasteiger charge is 2.16. The summed E-state index contributed by atoms with van der Waals surface area (Å²) in [5.74, 6) is 0.876. The fraction of sp³-hybridized carbons (Fsp3) is 0.130. The number of hydrogen-bond donors (Lipinski definition) is 1. The van der Waals surface area contributed by atoms with Crippen LogP contribution < -0.4 is 15.6 Å². The molecule has 0 aliphatic rings. The summed E-state index contributed by atoms with van der Waals surface area (Å²) < 4.78 is 12.0. The van der Waals surface area contributed by atoms with Gasteiger partial charge in [0, 0.05) is 17.4 Å². The quantitative estimate of drug-likeness (QED) is 0.494. The Hall–Kier alpha value is -4.20. The highest BCUT2D eigenvalue weighted by molar-refractivity contribution is 5.90. The van der Waals surface area contributed by atoms with Crippen molar-refractivity contribution in [3.63, 3.8) is 0 Å². The van der Waals surface area contributed by atoms with E-state index in [0.29, 0.717) is 18.1 Å². The van der Waals surface area contributed by atoms with Crippen molar-refractivity contribution in [2.45, 2.75) is 13.5 Å². The van der Waals surface area contributed by atoms with E-state index in [1.807, 2.05) is 37.3 Å². The molecule has 0 saturated heterocycles. The normalized spacial score (nSPS) is 10.6. The zero-order valence-electron chi connectivity index (χ0n) is 16.8. The Morgan fingerprint density at radius 3 is 2.58 bits per heavy atom. The summed E-state index contributed by atoms with van der Waals surface area (Å²) in [4.78, 5) is 29.6. The van der Waals surface area contributed by atoms with Gasteiger partial charge in [0.2, 0.25) is 11.7 Å². The number of carbonyl (C=O) groups is 1. The third-order valence-corrected chi connectivity index (χ3v) is 4.47. The number of hydrogen-bond acceptors (Lipinski definition) is 6. The van der Waals surface area contributed by atoms with Crippen molar-refractivity contribution in [2.75, 3.05) is 11.9 Å². The second-order valence-corrected chi connectivity index (χ2v) is 6.65. The number of anilines is 1. The first-order chi connectivity index (χ1) is 15.1. The number of benzene rings is 2. The third-order valence-electron chi connectivity index (χ3n) is 4.47. The van der Waals surface area contributed by atoms with Crippen molar-refractivity contribution in [3.05, 3.63) is 83.3 Å². The smallest absolute Gasteiger partial charge is 0.263 e. The fourth-order valence-electron chi connectivity index (χ4n) is 3.02. The first kappa shape index (κ1) is 20.1. The van der Waals surface area contributed by atoms with Crippen molar-refractivity contribution >= 4 is 11.6 Å². The number of ether oxygens (including phenoxy) is 1. The van der Waals surface area contributed by atoms with Crippen LogP contribution in [0, 0.1) is 0 Å². The standard InChI is InChI=1S/C23H20N4O4/c1-2-30-18-12-10-17(11-13-18)24-20(28)15-27-14-6-9-19(23(27)29)22-25-21(26-31-22)16-7-4-3-5-8-16/h3-14H,2,15H2,1H3,(H,24,28). The van der Waals surface area contributed by atoms with Crippen LogP contribution in [0.5, 0.6) is 5.75 Å². The van der Waals surface area contributed by atoms with Crippen LogP contribution in [0.25, 0.3) is 22.8 Å². The molecular weight excluding hydrogens is 396 g/mol. The fourth-order valence-corrected chi connectivity index (χ4v) is 3.02. The molecule has 0 bridgehead atoms. The lowest BCUT2D eigenvalue weighted by molar-refractivity contribution is -0.116. The summed E-state index contributed by atoms with van der Waals surface area (Å²) in [6.07, 6.45) is 1.54. The Kier molecular flexibility index (Phi) is 5.89. The average Bonchev–Trinajstić information content (AvgIpc) is 3.27. The molecule has 1 amide bonds. The number of aromatic nitrogens is 3. The van der Waals surface area contributed by atoms with Crippen molar-refractivity contribution < 1.29 is 14.1 Å². The maximum atomic E-state index is 12.9. The minimum absolute atomic E-state index is 0.102. The Labute approximate surface area is 178 Å². The van der Waals surface area contributed by atoms with Crippen molar-refractivity contribution in [1.82, 2.24) is 14.7 Å². The molecule has 0 saturated carbocycles. The van der Waals surface area contributed by atoms with E-state index < -0.39 is 5.56 Å². The monoisotopic (exact) mass is 416 g/mol. The van der Waals surface area contributed by atoms with Gasteiger partial charge in [0.05, 0.1) is 6.61 Å². The molecule has 0 unspecified atom stereocenters. The van der Waals surface area contributed by atoms with Gasteiger partial charge < -0.3 is 19.1 Å². The van der Waals surface area contributed by atoms with Gasteiger partial charge in [-0.3, -0.25) is 9.59 Å². The van der Waals surface area contributed by atoms with E-state index in [0.717, 1.165) is 11.3 Å². The van der Waals surface area contributed by atoms with Crippen molar-refractivity contribution in [3.8, 4) is 28.6 Å². The Bertz CT molecular complexity index is 1230. The van der Waals surface area contributed by atoms with Gasteiger partial charge in [-0.2, -0.15) is 4.98 Å². The first-order valence-corrected chi connectivity index (χ1v) is 9.75. The summed E-state index contributed by atoms with van der Waals surface area (Å²) in [7, 11) is 0. The van der Waals surface area contributed by atoms with Gasteiger partial charge in [0.15, 0.2) is 0 Å². The van der Waals surface area contributed by atoms with Crippen LogP contribution in [0.1, 0.15) is 6.92 Å². The van der Waals surface area contributed by atoms with E-state index in [1.165, 1.54) is 10.8 Å². The van der Waals surface area contributed by atoms with E-state index in [1.54, 1.807) is 36.4 Å². The zero-order valence-corrected chi connectivity index (χ0v) is 16.8. The molecule has 1 N–H and O–H groups in total. The maximum Gasteiger partial charge on any atom is 0.263 e. The molecule has 0 aliphatic carbocycles. The van der Waals surface area contributed by atoms with E-state index in [2.05, 4.69) is 15.5 Å². The summed E-state index contributed by atoms with van der Waals surface area (Å²) in [6, 6.07) is 19.6. The van der Waals surface area contributed by atoms with Crippen LogP contribution >= 0.6 is 0 Å². The molecule has 156 valence electrons. The van der Waals surface area contributed by atoms with Crippen LogP contribution in [0.15, 0.2) is 82.2 Å². The number of amides is 1. The number of nitrogens with zero attached hydrogens (tertiary/aromatic N) is 3. The highest BCUT2D eigenvalue weighted by Crippen LogP contribution is 2.20. The average molecular weight is 416 g/mol. The molecular formula is C23H20N4O4. The Balaban J connectivity index is 1.49. The van der Waals surface area contributed by atoms with Crippen LogP contribution in [0.3, 0.4) is 0 Å². The van der Waals surface area contributed by atoms with Gasteiger partial charge in [0.1, 0.15) is 17.9 Å². The topological polar surface area (TPSA) is 99.2 Å². The van der Waals surface area contributed by atoms with Crippen molar-refractivity contribution in [1.29, 1.82) is 0 Å². The summed E-state index contributed by atoms with van der Waals surface area (Å²) in [5, 5.41) is 6.71. The maximum absolute atomic E-state index is 12.9. The molecule has 2 aromatic carbocycles. The highest BCUT2D eigenvalue weighted by atomic mass is 16.5. The van der Waals surface area contributed by atoms with Crippen LogP contribution in [0.4, 0.5) is 5.69 Å². The number of rotatable bonds is 7. The van der Waals surface area contributed by atoms with E-state index in [4.69, 9.17) is 9.26 Å².